The van der Waals surface area contributed by atoms with E-state index >= 15 is 0 Å². The molecule has 0 radical (unpaired) electrons. The number of para-hydroxylation sites is 1. The van der Waals surface area contributed by atoms with Crippen molar-refractivity contribution in [2.75, 3.05) is 9.80 Å². The van der Waals surface area contributed by atoms with Crippen LogP contribution in [0.25, 0.3) is 137 Å². The molecule has 2 aliphatic rings. The Morgan fingerprint density at radius 1 is 0.255 bits per heavy atom. The van der Waals surface area contributed by atoms with E-state index in [1.807, 2.05) is 11.3 Å². The molecule has 2 heterocycles. The van der Waals surface area contributed by atoms with Crippen molar-refractivity contribution >= 4 is 87.4 Å². The SMILES string of the molecule is CC1(C)c2ccccc2-c2c(N(c3ccc(-c4ccccc4)cc3)c3ccc(-c4ccccc4)cc3)ccc(-c3ccc4c(c3)c3ccccc3n4-c3ccc(-c4ccc(N(c5ccc(-c6ccccc6)cc5)c5ccc(-c6cccc7c6sc6ccccc67)cc5)c5c4-c4ccccc4C5(C)C)cc3)c21. The van der Waals surface area contributed by atoms with Crippen molar-refractivity contribution in [3.05, 3.63) is 392 Å². The van der Waals surface area contributed by atoms with Gasteiger partial charge in [0, 0.05) is 75.8 Å². The lowest BCUT2D eigenvalue weighted by molar-refractivity contribution is 0.661. The van der Waals surface area contributed by atoms with Crippen LogP contribution in [0, 0.1) is 0 Å². The fourth-order valence-corrected chi connectivity index (χ4v) is 19.0. The fourth-order valence-electron chi connectivity index (χ4n) is 17.8. The van der Waals surface area contributed by atoms with Crippen molar-refractivity contribution in [1.82, 2.24) is 4.57 Å². The normalized spacial score (nSPS) is 13.1. The minimum Gasteiger partial charge on any atom is -0.310 e. The van der Waals surface area contributed by atoms with Crippen molar-refractivity contribution in [3.63, 3.8) is 0 Å². The van der Waals surface area contributed by atoms with Crippen molar-refractivity contribution < 1.29 is 0 Å². The Balaban J connectivity index is 0.695. The van der Waals surface area contributed by atoms with Crippen molar-refractivity contribution in [2.24, 2.45) is 0 Å². The molecular formula is C102H73N3S. The molecule has 16 aromatic carbocycles. The number of benzene rings is 16. The maximum absolute atomic E-state index is 2.50. The molecule has 2 aliphatic carbocycles. The highest BCUT2D eigenvalue weighted by molar-refractivity contribution is 7.26. The predicted octanol–water partition coefficient (Wildman–Crippen LogP) is 28.7. The van der Waals surface area contributed by atoms with Gasteiger partial charge in [-0.3, -0.25) is 0 Å². The van der Waals surface area contributed by atoms with Gasteiger partial charge in [0.1, 0.15) is 0 Å². The quantitative estimate of drug-likeness (QED) is 0.114. The lowest BCUT2D eigenvalue weighted by atomic mass is 9.78. The molecule has 0 N–H and O–H groups in total. The Bertz CT molecular complexity index is 6360. The molecular weight excluding hydrogens is 1300 g/mol. The van der Waals surface area contributed by atoms with Crippen molar-refractivity contribution in [3.8, 4) is 94.7 Å². The zero-order valence-corrected chi connectivity index (χ0v) is 60.3. The number of aromatic nitrogens is 1. The van der Waals surface area contributed by atoms with E-state index in [4.69, 9.17) is 0 Å². The Hall–Kier alpha value is -12.9. The zero-order chi connectivity index (χ0) is 70.8. The van der Waals surface area contributed by atoms with Gasteiger partial charge in [0.05, 0.1) is 22.4 Å². The van der Waals surface area contributed by atoms with Crippen molar-refractivity contribution in [2.45, 2.75) is 38.5 Å². The number of hydrogen-bond donors (Lipinski definition) is 0. The largest absolute Gasteiger partial charge is 0.310 e. The van der Waals surface area contributed by atoms with E-state index in [9.17, 15) is 0 Å². The molecule has 2 aromatic heterocycles. The highest BCUT2D eigenvalue weighted by Gasteiger charge is 2.42. The molecule has 0 amide bonds. The molecule has 0 unspecified atom stereocenters. The fraction of sp³-hybridized carbons (Fsp3) is 0.0588. The van der Waals surface area contributed by atoms with Gasteiger partial charge in [-0.25, -0.2) is 0 Å². The third kappa shape index (κ3) is 10.1. The maximum atomic E-state index is 2.50. The minimum absolute atomic E-state index is 0.321. The lowest BCUT2D eigenvalue weighted by Gasteiger charge is -2.33. The van der Waals surface area contributed by atoms with Crippen LogP contribution in [-0.4, -0.2) is 4.57 Å². The molecule has 0 bridgehead atoms. The summed E-state index contributed by atoms with van der Waals surface area (Å²) in [6.07, 6.45) is 0. The topological polar surface area (TPSA) is 11.4 Å². The van der Waals surface area contributed by atoms with Gasteiger partial charge in [-0.1, -0.05) is 301 Å². The second-order valence-corrected chi connectivity index (χ2v) is 30.5. The summed E-state index contributed by atoms with van der Waals surface area (Å²) >= 11 is 1.88. The first-order valence-electron chi connectivity index (χ1n) is 36.9. The predicted molar refractivity (Wildman–Crippen MR) is 451 cm³/mol. The average molecular weight is 1370 g/mol. The Morgan fingerprint density at radius 2 is 0.660 bits per heavy atom. The molecule has 0 saturated carbocycles. The van der Waals surface area contributed by atoms with Gasteiger partial charge in [-0.15, -0.1) is 11.3 Å². The third-order valence-corrected chi connectivity index (χ3v) is 24.0. The van der Waals surface area contributed by atoms with Crippen LogP contribution in [0.2, 0.25) is 0 Å². The van der Waals surface area contributed by atoms with Gasteiger partial charge in [0.25, 0.3) is 0 Å². The summed E-state index contributed by atoms with van der Waals surface area (Å²) in [6, 6.07) is 138. The molecule has 0 atom stereocenters. The van der Waals surface area contributed by atoms with Gasteiger partial charge in [-0.05, 0) is 203 Å². The molecule has 0 aliphatic heterocycles. The van der Waals surface area contributed by atoms with E-state index in [1.165, 1.54) is 159 Å². The van der Waals surface area contributed by atoms with Gasteiger partial charge in [0.15, 0.2) is 0 Å². The molecule has 4 heteroatoms. The highest BCUT2D eigenvalue weighted by atomic mass is 32.1. The summed E-state index contributed by atoms with van der Waals surface area (Å²) in [5.74, 6) is 0. The second kappa shape index (κ2) is 25.0. The average Bonchev–Trinajstić information content (AvgIpc) is 1.55. The van der Waals surface area contributed by atoms with Gasteiger partial charge in [0.2, 0.25) is 0 Å². The Morgan fingerprint density at radius 3 is 1.25 bits per heavy atom. The molecule has 0 spiro atoms. The van der Waals surface area contributed by atoms with Gasteiger partial charge in [-0.2, -0.15) is 0 Å². The maximum Gasteiger partial charge on any atom is 0.0543 e. The standard InChI is InChI=1S/C102H73N3S/c1-101(2)90-36-19-15-32-87(90)97-93(103(75-50-39-69(40-51-75)66-23-8-5-9-24-66)76-52-41-70(42-53-76)67-25-10-6-11-26-67)63-61-81(98(97)101)74-49-62-92-88(65-74)83-29-16-20-37-91(83)105(92)79-58-45-72(46-59-79)80-60-64-94(99-96(80)86-31-14-18-35-89(86)102(99,3)4)104(77-54-43-71(44-55-77)68-27-12-7-13-28-68)78-56-47-73(48-57-78)82-33-22-34-85-84-30-17-21-38-95(84)106-100(82)85/h5-65H,1-4H3. The number of nitrogens with zero attached hydrogens (tertiary/aromatic N) is 3. The molecule has 502 valence electrons. The summed E-state index contributed by atoms with van der Waals surface area (Å²) in [7, 11) is 0. The van der Waals surface area contributed by atoms with Crippen molar-refractivity contribution in [1.29, 1.82) is 0 Å². The van der Waals surface area contributed by atoms with Gasteiger partial charge >= 0.3 is 0 Å². The van der Waals surface area contributed by atoms with Crippen LogP contribution in [0.1, 0.15) is 49.9 Å². The first kappa shape index (κ1) is 62.9. The number of anilines is 6. The summed E-state index contributed by atoms with van der Waals surface area (Å²) in [4.78, 5) is 4.98. The van der Waals surface area contributed by atoms with Crippen LogP contribution >= 0.6 is 11.3 Å². The Kier molecular flexibility index (Phi) is 14.8. The minimum atomic E-state index is -0.341. The monoisotopic (exact) mass is 1370 g/mol. The van der Waals surface area contributed by atoms with Gasteiger partial charge < -0.3 is 14.4 Å². The first-order chi connectivity index (χ1) is 52.1. The highest BCUT2D eigenvalue weighted by Crippen LogP contribution is 2.60. The third-order valence-electron chi connectivity index (χ3n) is 22.8. The van der Waals surface area contributed by atoms with Crippen LogP contribution in [0.4, 0.5) is 34.1 Å². The summed E-state index contributed by atoms with van der Waals surface area (Å²) in [6.45, 7) is 9.68. The first-order valence-corrected chi connectivity index (χ1v) is 37.7. The van der Waals surface area contributed by atoms with Crippen LogP contribution in [0.5, 0.6) is 0 Å². The van der Waals surface area contributed by atoms with E-state index in [0.717, 1.165) is 34.1 Å². The van der Waals surface area contributed by atoms with E-state index < -0.39 is 0 Å². The van der Waals surface area contributed by atoms with E-state index in [2.05, 4.69) is 412 Å². The second-order valence-electron chi connectivity index (χ2n) is 29.5. The van der Waals surface area contributed by atoms with E-state index in [0.29, 0.717) is 0 Å². The summed E-state index contributed by atoms with van der Waals surface area (Å²) in [5.41, 5.74) is 34.4. The van der Waals surface area contributed by atoms with Crippen LogP contribution in [0.3, 0.4) is 0 Å². The number of rotatable bonds is 13. The number of thiophene rings is 1. The number of fused-ring (bicyclic) bond motifs is 12. The summed E-state index contributed by atoms with van der Waals surface area (Å²) < 4.78 is 5.10. The molecule has 0 fully saturated rings. The molecule has 3 nitrogen and oxygen atoms in total. The molecule has 20 rings (SSSR count). The smallest absolute Gasteiger partial charge is 0.0543 e. The van der Waals surface area contributed by atoms with Crippen LogP contribution in [-0.2, 0) is 10.8 Å². The molecule has 0 saturated heterocycles. The number of hydrogen-bond acceptors (Lipinski definition) is 3. The molecule has 106 heavy (non-hydrogen) atoms. The molecule has 18 aromatic rings. The summed E-state index contributed by atoms with van der Waals surface area (Å²) in [5, 5.41) is 5.06. The lowest BCUT2D eigenvalue weighted by Crippen LogP contribution is -2.20. The van der Waals surface area contributed by atoms with Crippen LogP contribution < -0.4 is 9.80 Å². The Labute approximate surface area is 623 Å². The zero-order valence-electron chi connectivity index (χ0n) is 59.5. The van der Waals surface area contributed by atoms with Crippen LogP contribution in [0.15, 0.2) is 370 Å². The van der Waals surface area contributed by atoms with E-state index in [1.54, 1.807) is 0 Å². The van der Waals surface area contributed by atoms with E-state index in [-0.39, 0.29) is 10.8 Å².